The first-order valence-electron chi connectivity index (χ1n) is 8.40. The summed E-state index contributed by atoms with van der Waals surface area (Å²) in [7, 11) is 2.01. The molecule has 4 heteroatoms. The van der Waals surface area contributed by atoms with Crippen LogP contribution in [0.15, 0.2) is 24.3 Å². The normalized spacial score (nSPS) is 24.5. The summed E-state index contributed by atoms with van der Waals surface area (Å²) >= 11 is 0. The van der Waals surface area contributed by atoms with Gasteiger partial charge in [-0.3, -0.25) is 9.69 Å². The number of likely N-dealkylation sites (N-methyl/N-ethyl adjacent to an activating group) is 1. The largest absolute Gasteiger partial charge is 0.339 e. The third-order valence-corrected chi connectivity index (χ3v) is 5.18. The lowest BCUT2D eigenvalue weighted by Gasteiger charge is -2.41. The van der Waals surface area contributed by atoms with E-state index < -0.39 is 0 Å². The molecule has 22 heavy (non-hydrogen) atoms. The number of piperazine rings is 1. The average Bonchev–Trinajstić information content (AvgIpc) is 2.56. The fourth-order valence-electron chi connectivity index (χ4n) is 3.76. The maximum atomic E-state index is 14.1. The third-order valence-electron chi connectivity index (χ3n) is 5.18. The van der Waals surface area contributed by atoms with E-state index in [0.717, 1.165) is 25.9 Å². The smallest absolute Gasteiger partial charge is 0.225 e. The minimum Gasteiger partial charge on any atom is -0.339 e. The van der Waals surface area contributed by atoms with Gasteiger partial charge in [-0.2, -0.15) is 0 Å². The topological polar surface area (TPSA) is 23.6 Å². The summed E-state index contributed by atoms with van der Waals surface area (Å²) in [6.07, 6.45) is 5.64. The summed E-state index contributed by atoms with van der Waals surface area (Å²) in [6.45, 7) is 2.17. The van der Waals surface area contributed by atoms with Crippen molar-refractivity contribution in [1.82, 2.24) is 9.80 Å². The highest BCUT2D eigenvalue weighted by atomic mass is 19.1. The fraction of sp³-hybridized carbons (Fsp3) is 0.611. The Morgan fingerprint density at radius 2 is 1.86 bits per heavy atom. The van der Waals surface area contributed by atoms with Crippen LogP contribution in [-0.4, -0.2) is 42.4 Å². The molecule has 1 saturated carbocycles. The second kappa shape index (κ2) is 6.78. The molecule has 1 aromatic rings. The van der Waals surface area contributed by atoms with Gasteiger partial charge < -0.3 is 4.90 Å². The van der Waals surface area contributed by atoms with E-state index in [0.29, 0.717) is 12.1 Å². The molecule has 3 rings (SSSR count). The molecule has 1 aliphatic heterocycles. The van der Waals surface area contributed by atoms with E-state index in [-0.39, 0.29) is 23.7 Å². The van der Waals surface area contributed by atoms with Crippen LogP contribution in [0.2, 0.25) is 0 Å². The zero-order valence-electron chi connectivity index (χ0n) is 13.3. The zero-order chi connectivity index (χ0) is 15.5. The lowest BCUT2D eigenvalue weighted by molar-refractivity contribution is -0.139. The van der Waals surface area contributed by atoms with Crippen LogP contribution in [0.25, 0.3) is 0 Å². The summed E-state index contributed by atoms with van der Waals surface area (Å²) in [6, 6.07) is 6.89. The Morgan fingerprint density at radius 3 is 2.59 bits per heavy atom. The third kappa shape index (κ3) is 3.17. The molecule has 2 fully saturated rings. The molecule has 1 heterocycles. The van der Waals surface area contributed by atoms with Crippen molar-refractivity contribution >= 4 is 5.91 Å². The van der Waals surface area contributed by atoms with Gasteiger partial charge in [0.2, 0.25) is 5.91 Å². The number of carbonyl (C=O) groups is 1. The van der Waals surface area contributed by atoms with Crippen molar-refractivity contribution in [3.8, 4) is 0 Å². The Morgan fingerprint density at radius 1 is 1.14 bits per heavy atom. The first kappa shape index (κ1) is 15.5. The Hall–Kier alpha value is -1.42. The van der Waals surface area contributed by atoms with Crippen molar-refractivity contribution in [3.63, 3.8) is 0 Å². The quantitative estimate of drug-likeness (QED) is 0.837. The number of carbonyl (C=O) groups excluding carboxylic acids is 1. The molecular weight excluding hydrogens is 279 g/mol. The van der Waals surface area contributed by atoms with Gasteiger partial charge in [0.25, 0.3) is 0 Å². The number of rotatable bonds is 2. The van der Waals surface area contributed by atoms with Crippen molar-refractivity contribution in [3.05, 3.63) is 35.6 Å². The highest BCUT2D eigenvalue weighted by molar-refractivity contribution is 5.79. The predicted molar refractivity (Wildman–Crippen MR) is 84.9 cm³/mol. The maximum Gasteiger partial charge on any atom is 0.225 e. The molecule has 0 spiro atoms. The lowest BCUT2D eigenvalue weighted by atomic mass is 9.88. The summed E-state index contributed by atoms with van der Waals surface area (Å²) in [5.74, 6) is 0.305. The van der Waals surface area contributed by atoms with Gasteiger partial charge in [-0.15, -0.1) is 0 Å². The van der Waals surface area contributed by atoms with E-state index in [1.54, 1.807) is 6.07 Å². The Labute approximate surface area is 132 Å². The molecule has 1 aromatic carbocycles. The first-order chi connectivity index (χ1) is 10.7. The van der Waals surface area contributed by atoms with Gasteiger partial charge in [0, 0.05) is 31.1 Å². The van der Waals surface area contributed by atoms with Gasteiger partial charge in [0.1, 0.15) is 5.82 Å². The maximum absolute atomic E-state index is 14.1. The summed E-state index contributed by atoms with van der Waals surface area (Å²) in [4.78, 5) is 16.9. The standard InChI is InChI=1S/C18H25FN2O/c1-20-11-12-21(18(22)14-7-3-2-4-8-14)13-17(20)15-9-5-6-10-16(15)19/h5-6,9-10,14,17H,2-4,7-8,11-13H2,1H3. The van der Waals surface area contributed by atoms with E-state index in [1.807, 2.05) is 24.1 Å². The second-order valence-electron chi connectivity index (χ2n) is 6.64. The fourth-order valence-corrected chi connectivity index (χ4v) is 3.76. The Balaban J connectivity index is 1.73. The first-order valence-corrected chi connectivity index (χ1v) is 8.40. The molecule has 3 nitrogen and oxygen atoms in total. The second-order valence-corrected chi connectivity index (χ2v) is 6.64. The number of hydrogen-bond acceptors (Lipinski definition) is 2. The van der Waals surface area contributed by atoms with Crippen LogP contribution < -0.4 is 0 Å². The van der Waals surface area contributed by atoms with Gasteiger partial charge in [0.15, 0.2) is 0 Å². The number of halogens is 1. The SMILES string of the molecule is CN1CCN(C(=O)C2CCCCC2)CC1c1ccccc1F. The molecular formula is C18H25FN2O. The van der Waals surface area contributed by atoms with Crippen LogP contribution >= 0.6 is 0 Å². The van der Waals surface area contributed by atoms with Gasteiger partial charge >= 0.3 is 0 Å². The number of hydrogen-bond donors (Lipinski definition) is 0. The number of amides is 1. The van der Waals surface area contributed by atoms with Crippen LogP contribution in [0, 0.1) is 11.7 Å². The molecule has 1 saturated heterocycles. The van der Waals surface area contributed by atoms with Crippen LogP contribution in [0.1, 0.15) is 43.7 Å². The Kier molecular flexibility index (Phi) is 4.77. The minimum absolute atomic E-state index is 0.0394. The molecule has 0 bridgehead atoms. The van der Waals surface area contributed by atoms with Crippen LogP contribution in [0.3, 0.4) is 0 Å². The number of nitrogens with zero attached hydrogens (tertiary/aromatic N) is 2. The van der Waals surface area contributed by atoms with Crippen LogP contribution in [-0.2, 0) is 4.79 Å². The van der Waals surface area contributed by atoms with Crippen molar-refractivity contribution in [1.29, 1.82) is 0 Å². The van der Waals surface area contributed by atoms with E-state index in [2.05, 4.69) is 4.90 Å². The van der Waals surface area contributed by atoms with E-state index in [9.17, 15) is 9.18 Å². The van der Waals surface area contributed by atoms with Crippen molar-refractivity contribution in [2.24, 2.45) is 5.92 Å². The molecule has 1 atom stereocenters. The van der Waals surface area contributed by atoms with E-state index >= 15 is 0 Å². The lowest BCUT2D eigenvalue weighted by Crippen LogP contribution is -2.51. The average molecular weight is 304 g/mol. The number of benzene rings is 1. The van der Waals surface area contributed by atoms with Crippen LogP contribution in [0.4, 0.5) is 4.39 Å². The molecule has 120 valence electrons. The summed E-state index contributed by atoms with van der Waals surface area (Å²) in [5, 5.41) is 0. The monoisotopic (exact) mass is 304 g/mol. The van der Waals surface area contributed by atoms with Crippen molar-refractivity contribution < 1.29 is 9.18 Å². The van der Waals surface area contributed by atoms with E-state index in [1.165, 1.54) is 25.3 Å². The highest BCUT2D eigenvalue weighted by Gasteiger charge is 2.33. The predicted octanol–water partition coefficient (Wildman–Crippen LogP) is 3.22. The Bertz CT molecular complexity index is 528. The minimum atomic E-state index is -0.175. The zero-order valence-corrected chi connectivity index (χ0v) is 13.3. The molecule has 1 unspecified atom stereocenters. The molecule has 0 radical (unpaired) electrons. The highest BCUT2D eigenvalue weighted by Crippen LogP contribution is 2.30. The molecule has 1 amide bonds. The molecule has 0 aromatic heterocycles. The van der Waals surface area contributed by atoms with Gasteiger partial charge in [0.05, 0.1) is 6.04 Å². The summed E-state index contributed by atoms with van der Waals surface area (Å²) in [5.41, 5.74) is 0.700. The molecule has 2 aliphatic rings. The van der Waals surface area contributed by atoms with Crippen molar-refractivity contribution in [2.45, 2.75) is 38.1 Å². The van der Waals surface area contributed by atoms with E-state index in [4.69, 9.17) is 0 Å². The van der Waals surface area contributed by atoms with Crippen molar-refractivity contribution in [2.75, 3.05) is 26.7 Å². The molecule has 1 aliphatic carbocycles. The molecule has 0 N–H and O–H groups in total. The van der Waals surface area contributed by atoms with Gasteiger partial charge in [-0.25, -0.2) is 4.39 Å². The summed E-state index contributed by atoms with van der Waals surface area (Å²) < 4.78 is 14.1. The van der Waals surface area contributed by atoms with Gasteiger partial charge in [-0.05, 0) is 26.0 Å². The van der Waals surface area contributed by atoms with Gasteiger partial charge in [-0.1, -0.05) is 37.5 Å². The van der Waals surface area contributed by atoms with Crippen LogP contribution in [0.5, 0.6) is 0 Å².